The number of rotatable bonds is 7. The summed E-state index contributed by atoms with van der Waals surface area (Å²) in [6.45, 7) is 0. The lowest BCUT2D eigenvalue weighted by molar-refractivity contribution is -0.141. The number of unbranched alkanes of at least 4 members (excludes halogenated alkanes) is 3. The monoisotopic (exact) mass is 1010 g/mol. The highest BCUT2D eigenvalue weighted by molar-refractivity contribution is 6.27. The Morgan fingerprint density at radius 2 is 0.946 bits per heavy atom. The zero-order chi connectivity index (χ0) is 54.7. The largest absolute Gasteiger partial charge is 0.509 e. The molecule has 0 saturated heterocycles. The van der Waals surface area contributed by atoms with Gasteiger partial charge in [0.15, 0.2) is 34.0 Å². The predicted octanol–water partition coefficient (Wildman–Crippen LogP) is -0.912. The smallest absolute Gasteiger partial charge is 0.255 e. The minimum Gasteiger partial charge on any atom is -0.509 e. The van der Waals surface area contributed by atoms with Gasteiger partial charge >= 0.3 is 0 Å². The molecule has 0 unspecified atom stereocenters. The van der Waals surface area contributed by atoms with Crippen LogP contribution in [0, 0.1) is 57.2 Å². The number of carbonyl (C=O) groups excluding carboxylic acids is 6. The molecule has 74 heavy (non-hydrogen) atoms. The fourth-order valence-corrected chi connectivity index (χ4v) is 12.6. The van der Waals surface area contributed by atoms with Gasteiger partial charge in [0.25, 0.3) is 11.8 Å². The van der Waals surface area contributed by atoms with Crippen molar-refractivity contribution >= 4 is 46.5 Å². The van der Waals surface area contributed by atoms with E-state index in [1.807, 2.05) is 0 Å². The maximum absolute atomic E-state index is 14.7. The molecule has 22 heteroatoms. The van der Waals surface area contributed by atoms with Crippen molar-refractivity contribution < 1.29 is 59.4 Å². The standard InChI is InChI=1S/C52H52N10O12/c1-61(2)39-37(67)31(45(55)73)41(69)49(21-53)43(71)33-35(65)29-25(17-47(33,57)19-51(39,49)59)23(13-15-27(29)63)11-9-7-5-6-8-10-12-24-14-16-28(64)30-26(24)18-48(58)20-52(60)40(62(3)4)38(68)32(46(56)74)42(70)50(52,22-54)44(72)34(48)36(30)66/h13-16,39-40,63-66,69-70H,5-8,17-20,57-60H2,1-4H3,(H2,55,73)(H2,56,74)/t39-,40-,47-,48-,49+,50+,51-,52-/m1/s1. The molecule has 6 aliphatic carbocycles. The third-order valence-corrected chi connectivity index (χ3v) is 15.6. The van der Waals surface area contributed by atoms with Gasteiger partial charge < -0.3 is 65.0 Å². The molecule has 0 heterocycles. The quantitative estimate of drug-likeness (QED) is 0.0907. The number of fused-ring (bicyclic) bond motifs is 6. The van der Waals surface area contributed by atoms with Crippen LogP contribution in [-0.4, -0.2) is 138 Å². The lowest BCUT2D eigenvalue weighted by Gasteiger charge is -2.58. The number of nitrogens with zero attached hydrogens (tertiary/aromatic N) is 4. The molecule has 2 aromatic rings. The predicted molar refractivity (Wildman–Crippen MR) is 261 cm³/mol. The number of ketones is 4. The van der Waals surface area contributed by atoms with Crippen LogP contribution < -0.4 is 34.4 Å². The van der Waals surface area contributed by atoms with E-state index in [4.69, 9.17) is 34.4 Å². The minimum absolute atomic E-state index is 0.203. The number of aliphatic hydroxyl groups is 4. The molecule has 2 fully saturated rings. The highest BCUT2D eigenvalue weighted by atomic mass is 16.3. The van der Waals surface area contributed by atoms with Crippen LogP contribution in [0.5, 0.6) is 11.5 Å². The Morgan fingerprint density at radius 3 is 1.24 bits per heavy atom. The van der Waals surface area contributed by atoms with Gasteiger partial charge in [-0.15, -0.1) is 0 Å². The Hall–Kier alpha value is -8.32. The lowest BCUT2D eigenvalue weighted by Crippen LogP contribution is -2.80. The summed E-state index contributed by atoms with van der Waals surface area (Å²) in [5.74, 6) is -0.282. The summed E-state index contributed by atoms with van der Waals surface area (Å²) in [7, 11) is 5.68. The number of hydrogen-bond donors (Lipinski definition) is 12. The Labute approximate surface area is 422 Å². The van der Waals surface area contributed by atoms with Crippen molar-refractivity contribution in [1.82, 2.24) is 9.80 Å². The van der Waals surface area contributed by atoms with E-state index in [0.29, 0.717) is 36.8 Å². The average Bonchev–Trinajstić information content (AvgIpc) is 3.27. The molecule has 0 aromatic heterocycles. The molecule has 2 aromatic carbocycles. The van der Waals surface area contributed by atoms with E-state index in [1.165, 1.54) is 62.3 Å². The fourth-order valence-electron chi connectivity index (χ4n) is 12.6. The molecule has 382 valence electrons. The number of phenolic OH excluding ortho intramolecular Hbond substituents is 2. The number of hydrogen-bond acceptors (Lipinski definition) is 20. The SMILES string of the molecule is CN(C)[C@@H]1C(=O)C(C(N)=O)=C(O)[C@@]2(C#N)C(=O)C3=C(O)c4c(O)ccc(C#CCCCCC#Cc5ccc(O)c6c5C[C@@]5(N)C[C@@]7(N)[C@H](N(C)C)C(=O)C(C(N)=O)=C(O)[C@@]7(C#N)C(=O)C5=C6O)c4C[C@@]3(N)C[C@@]12N. The van der Waals surface area contributed by atoms with Gasteiger partial charge in [-0.2, -0.15) is 10.5 Å². The number of Topliss-reactive ketones (excluding diaryl/α,β-unsaturated/α-hetero) is 4. The number of likely N-dealkylation sites (N-methyl/N-ethyl adjacent to an activating group) is 2. The number of amides is 2. The van der Waals surface area contributed by atoms with Gasteiger partial charge in [-0.25, -0.2) is 0 Å². The second-order valence-electron chi connectivity index (χ2n) is 20.3. The van der Waals surface area contributed by atoms with E-state index in [1.54, 1.807) is 12.1 Å². The molecule has 8 atom stereocenters. The average molecular weight is 1010 g/mol. The maximum Gasteiger partial charge on any atom is 0.255 e. The third kappa shape index (κ3) is 6.60. The highest BCUT2D eigenvalue weighted by Crippen LogP contribution is 2.60. The van der Waals surface area contributed by atoms with Crippen molar-refractivity contribution in [2.75, 3.05) is 28.2 Å². The topological polar surface area (TPSA) is 434 Å². The lowest BCUT2D eigenvalue weighted by atomic mass is 9.47. The first kappa shape index (κ1) is 52.0. The van der Waals surface area contributed by atoms with Crippen molar-refractivity contribution in [1.29, 1.82) is 10.5 Å². The number of nitrogens with two attached hydrogens (primary N) is 6. The molecular weight excluding hydrogens is 957 g/mol. The van der Waals surface area contributed by atoms with Crippen LogP contribution in [0.2, 0.25) is 0 Å². The van der Waals surface area contributed by atoms with E-state index >= 15 is 0 Å². The number of aliphatic hydroxyl groups excluding tert-OH is 4. The summed E-state index contributed by atoms with van der Waals surface area (Å²) in [4.78, 5) is 84.3. The fraction of sp³-hybridized carbons (Fsp3) is 0.385. The van der Waals surface area contributed by atoms with Crippen LogP contribution in [0.3, 0.4) is 0 Å². The molecule has 8 rings (SSSR count). The van der Waals surface area contributed by atoms with Gasteiger partial charge in [0, 0.05) is 24.0 Å². The van der Waals surface area contributed by atoms with Gasteiger partial charge in [-0.3, -0.25) is 38.6 Å². The Bertz CT molecular complexity index is 3170. The first-order chi connectivity index (χ1) is 34.5. The van der Waals surface area contributed by atoms with Crippen molar-refractivity contribution in [3.63, 3.8) is 0 Å². The van der Waals surface area contributed by atoms with E-state index < -0.39 is 150 Å². The summed E-state index contributed by atoms with van der Waals surface area (Å²) in [5, 5.41) is 89.8. The van der Waals surface area contributed by atoms with Gasteiger partial charge in [-0.05, 0) is 102 Å². The maximum atomic E-state index is 14.7. The van der Waals surface area contributed by atoms with Crippen LogP contribution in [0.15, 0.2) is 58.1 Å². The molecule has 0 spiro atoms. The third-order valence-electron chi connectivity index (χ3n) is 15.6. The number of aromatic hydroxyl groups is 2. The number of phenols is 2. The van der Waals surface area contributed by atoms with Gasteiger partial charge in [-0.1, -0.05) is 23.7 Å². The molecule has 6 aliphatic rings. The van der Waals surface area contributed by atoms with E-state index in [9.17, 15) is 69.9 Å². The highest BCUT2D eigenvalue weighted by Gasteiger charge is 2.76. The first-order valence-electron chi connectivity index (χ1n) is 23.1. The Kier molecular flexibility index (Phi) is 12.1. The van der Waals surface area contributed by atoms with Gasteiger partial charge in [0.05, 0.1) is 68.7 Å². The van der Waals surface area contributed by atoms with E-state index in [2.05, 4.69) is 23.7 Å². The van der Waals surface area contributed by atoms with Crippen molar-refractivity contribution in [2.24, 2.45) is 45.2 Å². The van der Waals surface area contributed by atoms with Crippen molar-refractivity contribution in [3.05, 3.63) is 91.5 Å². The second kappa shape index (κ2) is 17.1. The summed E-state index contributed by atoms with van der Waals surface area (Å²) in [5.41, 5.74) is 22.4. The number of carbonyl (C=O) groups is 6. The molecule has 0 bridgehead atoms. The molecule has 2 saturated carbocycles. The molecule has 0 aliphatic heterocycles. The van der Waals surface area contributed by atoms with Crippen LogP contribution in [-0.2, 0) is 41.6 Å². The van der Waals surface area contributed by atoms with Gasteiger partial charge in [0.2, 0.25) is 0 Å². The minimum atomic E-state index is -2.80. The van der Waals surface area contributed by atoms with Crippen LogP contribution in [0.25, 0.3) is 11.5 Å². The van der Waals surface area contributed by atoms with Crippen LogP contribution >= 0.6 is 0 Å². The summed E-state index contributed by atoms with van der Waals surface area (Å²) in [6.07, 6.45) is 0.0211. The molecule has 18 N–H and O–H groups in total. The number of benzene rings is 2. The Morgan fingerprint density at radius 1 is 0.608 bits per heavy atom. The number of primary amides is 2. The normalized spacial score (nSPS) is 30.9. The second-order valence-corrected chi connectivity index (χ2v) is 20.3. The zero-order valence-corrected chi connectivity index (χ0v) is 40.5. The van der Waals surface area contributed by atoms with Crippen molar-refractivity contribution in [3.8, 4) is 47.3 Å². The van der Waals surface area contributed by atoms with Crippen molar-refractivity contribution in [2.45, 2.75) is 85.6 Å². The molecule has 2 amide bonds. The summed E-state index contributed by atoms with van der Waals surface area (Å²) < 4.78 is 0. The van der Waals surface area contributed by atoms with Crippen LogP contribution in [0.1, 0.15) is 71.9 Å². The number of nitriles is 2. The van der Waals surface area contributed by atoms with E-state index in [-0.39, 0.29) is 35.1 Å². The Balaban J connectivity index is 1.05. The van der Waals surface area contributed by atoms with Gasteiger partial charge in [0.1, 0.15) is 45.7 Å². The first-order valence-corrected chi connectivity index (χ1v) is 23.1. The molecule has 22 nitrogen and oxygen atoms in total. The summed E-state index contributed by atoms with van der Waals surface area (Å²) in [6, 6.07) is 5.81. The zero-order valence-electron chi connectivity index (χ0n) is 40.5. The molecule has 0 radical (unpaired) electrons. The molecular formula is C52H52N10O12. The summed E-state index contributed by atoms with van der Waals surface area (Å²) >= 11 is 0. The van der Waals surface area contributed by atoms with Crippen LogP contribution in [0.4, 0.5) is 0 Å². The van der Waals surface area contributed by atoms with E-state index in [0.717, 1.165) is 0 Å².